The third kappa shape index (κ3) is 4.94. The number of hydrazine groups is 1. The lowest BCUT2D eigenvalue weighted by Gasteiger charge is -2.26. The summed E-state index contributed by atoms with van der Waals surface area (Å²) < 4.78 is 4.60. The van der Waals surface area contributed by atoms with Crippen LogP contribution >= 0.6 is 0 Å². The number of methoxy groups -OCH3 is 1. The van der Waals surface area contributed by atoms with E-state index < -0.39 is 5.97 Å². The lowest BCUT2D eigenvalue weighted by molar-refractivity contribution is -0.720. The number of rotatable bonds is 5. The van der Waals surface area contributed by atoms with Crippen molar-refractivity contribution in [3.8, 4) is 0 Å². The monoisotopic (exact) mass is 295 g/mol. The van der Waals surface area contributed by atoms with Gasteiger partial charge in [0.25, 0.3) is 0 Å². The van der Waals surface area contributed by atoms with Crippen LogP contribution in [-0.2, 0) is 16.2 Å². The number of carbonyl (C=O) groups is 1. The van der Waals surface area contributed by atoms with Crippen molar-refractivity contribution >= 4 is 5.97 Å². The molecule has 0 unspecified atom stereocenters. The minimum atomic E-state index is -0.398. The number of hydrogen-bond acceptors (Lipinski definition) is 5. The highest BCUT2D eigenvalue weighted by Gasteiger charge is 2.24. The summed E-state index contributed by atoms with van der Waals surface area (Å²) in [7, 11) is 2.96. The van der Waals surface area contributed by atoms with Crippen LogP contribution in [0.1, 0.15) is 36.7 Å². The maximum Gasteiger partial charge on any atom is 0.337 e. The van der Waals surface area contributed by atoms with E-state index >= 15 is 0 Å². The fourth-order valence-corrected chi connectivity index (χ4v) is 1.32. The molecule has 0 fully saturated rings. The highest BCUT2D eigenvalue weighted by atomic mass is 16.7. The molecule has 0 saturated carbocycles. The van der Waals surface area contributed by atoms with Gasteiger partial charge in [0.15, 0.2) is 0 Å². The van der Waals surface area contributed by atoms with E-state index in [-0.39, 0.29) is 12.1 Å². The van der Waals surface area contributed by atoms with E-state index in [1.54, 1.807) is 31.3 Å². The first kappa shape index (κ1) is 16.7. The highest BCUT2D eigenvalue weighted by Crippen LogP contribution is 2.11. The summed E-state index contributed by atoms with van der Waals surface area (Å²) in [6, 6.07) is 6.68. The second kappa shape index (κ2) is 6.92. The molecule has 116 valence electrons. The van der Waals surface area contributed by atoms with Crippen molar-refractivity contribution in [3.05, 3.63) is 40.6 Å². The SMILES string of the molecule is COC(=O)c1ccc(CO/N=[N+](\[O-])N(C)C(C)(C)C)cc1. The maximum absolute atomic E-state index is 11.7. The van der Waals surface area contributed by atoms with Gasteiger partial charge in [-0.05, 0) is 38.5 Å². The average Bonchev–Trinajstić information content (AvgIpc) is 2.45. The smallest absolute Gasteiger partial charge is 0.337 e. The van der Waals surface area contributed by atoms with Gasteiger partial charge >= 0.3 is 5.97 Å². The molecule has 21 heavy (non-hydrogen) atoms. The third-order valence-corrected chi connectivity index (χ3v) is 2.96. The summed E-state index contributed by atoms with van der Waals surface area (Å²) in [5.74, 6) is -0.398. The number of nitrogens with zero attached hydrogens (tertiary/aromatic N) is 3. The molecule has 7 nitrogen and oxygen atoms in total. The van der Waals surface area contributed by atoms with Crippen LogP contribution in [0.2, 0.25) is 0 Å². The van der Waals surface area contributed by atoms with E-state index in [1.165, 1.54) is 12.1 Å². The quantitative estimate of drug-likeness (QED) is 0.361. The fraction of sp³-hybridized carbons (Fsp3) is 0.500. The molecule has 0 radical (unpaired) electrons. The van der Waals surface area contributed by atoms with Gasteiger partial charge in [-0.3, -0.25) is 0 Å². The molecule has 0 aromatic heterocycles. The Bertz CT molecular complexity index is 506. The summed E-state index contributed by atoms with van der Waals surface area (Å²) in [5.41, 5.74) is 0.894. The molecule has 0 aliphatic heterocycles. The topological polar surface area (TPSA) is 77.2 Å². The first-order chi connectivity index (χ1) is 9.75. The van der Waals surface area contributed by atoms with Crippen LogP contribution in [0.4, 0.5) is 0 Å². The Labute approximate surface area is 124 Å². The van der Waals surface area contributed by atoms with E-state index in [2.05, 4.69) is 10.0 Å². The third-order valence-electron chi connectivity index (χ3n) is 2.96. The standard InChI is InChI=1S/C14H21N3O4/c1-14(2,3)16(4)17(19)15-21-10-11-6-8-12(9-7-11)13(18)20-5/h6-9H,10H2,1-5H3/b17-15-. The van der Waals surface area contributed by atoms with Gasteiger partial charge in [-0.15, -0.1) is 5.01 Å². The molecule has 0 bridgehead atoms. The molecule has 0 atom stereocenters. The number of esters is 1. The van der Waals surface area contributed by atoms with Crippen LogP contribution in [0.3, 0.4) is 0 Å². The minimum Gasteiger partial charge on any atom is -0.569 e. The van der Waals surface area contributed by atoms with Crippen molar-refractivity contribution in [2.45, 2.75) is 32.9 Å². The van der Waals surface area contributed by atoms with Crippen molar-refractivity contribution in [2.24, 2.45) is 5.28 Å². The van der Waals surface area contributed by atoms with Crippen LogP contribution in [0.5, 0.6) is 0 Å². The fourth-order valence-electron chi connectivity index (χ4n) is 1.32. The van der Waals surface area contributed by atoms with E-state index in [4.69, 9.17) is 4.84 Å². The van der Waals surface area contributed by atoms with Crippen molar-refractivity contribution in [3.63, 3.8) is 0 Å². The number of benzene rings is 1. The largest absolute Gasteiger partial charge is 0.569 e. The summed E-state index contributed by atoms with van der Waals surface area (Å²) in [6.07, 6.45) is 0. The predicted molar refractivity (Wildman–Crippen MR) is 76.1 cm³/mol. The molecule has 0 aliphatic rings. The minimum absolute atomic E-state index is 0.137. The lowest BCUT2D eigenvalue weighted by atomic mass is 10.1. The second-order valence-electron chi connectivity index (χ2n) is 5.49. The Morgan fingerprint density at radius 2 is 1.90 bits per heavy atom. The van der Waals surface area contributed by atoms with Crippen LogP contribution in [0, 0.1) is 5.21 Å². The second-order valence-corrected chi connectivity index (χ2v) is 5.49. The normalized spacial score (nSPS) is 12.0. The van der Waals surface area contributed by atoms with Crippen LogP contribution < -0.4 is 0 Å². The van der Waals surface area contributed by atoms with Gasteiger partial charge in [0, 0.05) is 0 Å². The molecule has 1 aromatic rings. The predicted octanol–water partition coefficient (Wildman–Crippen LogP) is 2.51. The molecule has 0 spiro atoms. The summed E-state index contributed by atoms with van der Waals surface area (Å²) in [6.45, 7) is 5.80. The Hall–Kier alpha value is -2.31. The molecule has 0 aliphatic carbocycles. The van der Waals surface area contributed by atoms with Crippen LogP contribution in [-0.4, -0.2) is 35.6 Å². The first-order valence-electron chi connectivity index (χ1n) is 6.47. The first-order valence-corrected chi connectivity index (χ1v) is 6.47. The molecule has 7 heteroatoms. The zero-order valence-corrected chi connectivity index (χ0v) is 13.0. The van der Waals surface area contributed by atoms with Crippen molar-refractivity contribution in [1.82, 2.24) is 5.01 Å². The van der Waals surface area contributed by atoms with Crippen molar-refractivity contribution < 1.29 is 19.3 Å². The lowest BCUT2D eigenvalue weighted by Crippen LogP contribution is -2.42. The summed E-state index contributed by atoms with van der Waals surface area (Å²) >= 11 is 0. The van der Waals surface area contributed by atoms with E-state index in [0.29, 0.717) is 10.5 Å². The number of hydrogen-bond donors (Lipinski definition) is 0. The van der Waals surface area contributed by atoms with E-state index in [0.717, 1.165) is 5.56 Å². The van der Waals surface area contributed by atoms with E-state index in [9.17, 15) is 10.0 Å². The molecule has 1 aromatic carbocycles. The highest BCUT2D eigenvalue weighted by molar-refractivity contribution is 5.89. The van der Waals surface area contributed by atoms with Gasteiger partial charge < -0.3 is 14.8 Å². The van der Waals surface area contributed by atoms with Gasteiger partial charge in [0.05, 0.1) is 30.2 Å². The molecular formula is C14H21N3O4. The number of carbonyl (C=O) groups excluding carboxylic acids is 1. The van der Waals surface area contributed by atoms with Crippen molar-refractivity contribution in [2.75, 3.05) is 14.2 Å². The Morgan fingerprint density at radius 3 is 2.38 bits per heavy atom. The zero-order chi connectivity index (χ0) is 16.0. The van der Waals surface area contributed by atoms with Gasteiger partial charge in [0.1, 0.15) is 6.61 Å². The molecular weight excluding hydrogens is 274 g/mol. The molecule has 0 N–H and O–H groups in total. The van der Waals surface area contributed by atoms with Gasteiger partial charge in [-0.1, -0.05) is 12.1 Å². The van der Waals surface area contributed by atoms with Gasteiger partial charge in [-0.25, -0.2) is 4.79 Å². The zero-order valence-electron chi connectivity index (χ0n) is 13.0. The Balaban J connectivity index is 2.58. The molecule has 0 heterocycles. The van der Waals surface area contributed by atoms with Crippen LogP contribution in [0.25, 0.3) is 0 Å². The maximum atomic E-state index is 11.7. The summed E-state index contributed by atoms with van der Waals surface area (Å²) in [4.78, 5) is 16.7. The van der Waals surface area contributed by atoms with Gasteiger partial charge in [-0.2, -0.15) is 0 Å². The molecule has 1 rings (SSSR count). The summed E-state index contributed by atoms with van der Waals surface area (Å²) in [5, 5.41) is 16.5. The van der Waals surface area contributed by atoms with Crippen molar-refractivity contribution in [1.29, 1.82) is 0 Å². The van der Waals surface area contributed by atoms with Gasteiger partial charge in [0.2, 0.25) is 5.28 Å². The van der Waals surface area contributed by atoms with E-state index in [1.807, 2.05) is 20.8 Å². The van der Waals surface area contributed by atoms with Crippen LogP contribution in [0.15, 0.2) is 29.5 Å². The average molecular weight is 295 g/mol. The Morgan fingerprint density at radius 1 is 1.33 bits per heavy atom. The molecule has 0 amide bonds. The number of ether oxygens (including phenoxy) is 1. The molecule has 0 saturated heterocycles. The Kier molecular flexibility index (Phi) is 5.52.